The maximum atomic E-state index is 10.6. The van der Waals surface area contributed by atoms with Gasteiger partial charge in [-0.05, 0) is 60.5 Å². The first-order chi connectivity index (χ1) is 17.5. The van der Waals surface area contributed by atoms with Crippen LogP contribution in [-0.4, -0.2) is 31.8 Å². The van der Waals surface area contributed by atoms with E-state index >= 15 is 0 Å². The monoisotopic (exact) mass is 563 g/mol. The number of rotatable bonds is 4. The minimum atomic E-state index is -5.08. The molecular formula is C26H18Cl2F3N3O2S. The van der Waals surface area contributed by atoms with Crippen LogP contribution < -0.4 is 0 Å². The number of halogens is 5. The number of fused-ring (bicyclic) bond motifs is 1. The van der Waals surface area contributed by atoms with Crippen LogP contribution in [0, 0.1) is 6.92 Å². The molecule has 3 aromatic carbocycles. The van der Waals surface area contributed by atoms with Crippen LogP contribution in [0.1, 0.15) is 27.9 Å². The topological polar surface area (TPSA) is 68.0 Å². The molecule has 37 heavy (non-hydrogen) atoms. The highest BCUT2D eigenvalue weighted by Gasteiger charge is 2.38. The molecule has 2 heterocycles. The second-order valence-electron chi connectivity index (χ2n) is 7.88. The Hall–Kier alpha value is -3.40. The molecule has 0 radical (unpaired) electrons. The highest BCUT2D eigenvalue weighted by molar-refractivity contribution is 7.09. The molecule has 1 unspecified atom stereocenters. The van der Waals surface area contributed by atoms with Gasteiger partial charge in [-0.3, -0.25) is 4.57 Å². The summed E-state index contributed by atoms with van der Waals surface area (Å²) < 4.78 is 33.9. The molecule has 5 aromatic rings. The molecule has 0 aliphatic heterocycles. The molecule has 1 N–H and O–H groups in total. The number of carbonyl (C=O) groups is 1. The van der Waals surface area contributed by atoms with Crippen molar-refractivity contribution < 1.29 is 23.1 Å². The largest absolute Gasteiger partial charge is 0.490 e. The number of aliphatic carboxylic acids is 1. The van der Waals surface area contributed by atoms with Gasteiger partial charge in [-0.1, -0.05) is 47.5 Å². The maximum absolute atomic E-state index is 10.6. The van der Waals surface area contributed by atoms with Crippen molar-refractivity contribution in [2.24, 2.45) is 0 Å². The van der Waals surface area contributed by atoms with Crippen LogP contribution in [0.4, 0.5) is 13.2 Å². The minimum absolute atomic E-state index is 0.0229. The fraction of sp³-hybridized carbons (Fsp3) is 0.115. The number of aromatic nitrogens is 3. The van der Waals surface area contributed by atoms with Gasteiger partial charge in [0.25, 0.3) is 0 Å². The van der Waals surface area contributed by atoms with Gasteiger partial charge in [0, 0.05) is 27.3 Å². The van der Waals surface area contributed by atoms with Crippen molar-refractivity contribution in [1.82, 2.24) is 14.5 Å². The molecule has 0 saturated carbocycles. The Morgan fingerprint density at radius 2 is 1.68 bits per heavy atom. The summed E-state index contributed by atoms with van der Waals surface area (Å²) in [6, 6.07) is 22.2. The zero-order chi connectivity index (χ0) is 26.7. The SMILES string of the molecule is Cc1nc2ccc(C(c3ccc(Cl)cc3)c3nccs3)cc2n1-c1cccc(Cl)c1.O=C(O)C(F)(F)F. The third-order valence-corrected chi connectivity index (χ3v) is 6.72. The summed E-state index contributed by atoms with van der Waals surface area (Å²) in [5, 5.41) is 11.6. The number of hydrogen-bond donors (Lipinski definition) is 1. The van der Waals surface area contributed by atoms with Crippen LogP contribution in [-0.2, 0) is 4.79 Å². The number of imidazole rings is 1. The number of aryl methyl sites for hydroxylation is 1. The Morgan fingerprint density at radius 3 is 2.27 bits per heavy atom. The van der Waals surface area contributed by atoms with Gasteiger partial charge >= 0.3 is 12.1 Å². The second kappa shape index (κ2) is 10.9. The van der Waals surface area contributed by atoms with Gasteiger partial charge in [-0.15, -0.1) is 11.3 Å². The van der Waals surface area contributed by atoms with Crippen LogP contribution in [0.5, 0.6) is 0 Å². The first kappa shape index (κ1) is 26.7. The summed E-state index contributed by atoms with van der Waals surface area (Å²) in [5.74, 6) is -1.82. The van der Waals surface area contributed by atoms with Crippen LogP contribution in [0.3, 0.4) is 0 Å². The van der Waals surface area contributed by atoms with Crippen molar-refractivity contribution in [2.75, 3.05) is 0 Å². The first-order valence-corrected chi connectivity index (χ1v) is 12.4. The lowest BCUT2D eigenvalue weighted by Crippen LogP contribution is -2.21. The third kappa shape index (κ3) is 6.12. The zero-order valence-electron chi connectivity index (χ0n) is 19.1. The Morgan fingerprint density at radius 1 is 1.00 bits per heavy atom. The van der Waals surface area contributed by atoms with Crippen molar-refractivity contribution in [3.63, 3.8) is 0 Å². The first-order valence-electron chi connectivity index (χ1n) is 10.7. The highest BCUT2D eigenvalue weighted by Crippen LogP contribution is 2.36. The summed E-state index contributed by atoms with van der Waals surface area (Å²) in [4.78, 5) is 18.3. The molecule has 0 fully saturated rings. The lowest BCUT2D eigenvalue weighted by atomic mass is 9.91. The Bertz CT molecular complexity index is 1540. The Labute approximate surface area is 223 Å². The lowest BCUT2D eigenvalue weighted by Gasteiger charge is -2.17. The van der Waals surface area contributed by atoms with Crippen molar-refractivity contribution in [1.29, 1.82) is 0 Å². The summed E-state index contributed by atoms with van der Waals surface area (Å²) in [5.41, 5.74) is 5.30. The lowest BCUT2D eigenvalue weighted by molar-refractivity contribution is -0.192. The standard InChI is InChI=1S/C24H17Cl2N3S.C2HF3O2/c1-15-28-21-10-7-17(13-22(21)29(15)20-4-2-3-19(26)14-20)23(24-27-11-12-30-24)16-5-8-18(25)9-6-16;3-2(4,5)1(6)7/h2-14,23H,1H3;(H,6,7). The average molecular weight is 564 g/mol. The van der Waals surface area contributed by atoms with Crippen LogP contribution in [0.15, 0.2) is 78.3 Å². The van der Waals surface area contributed by atoms with Crippen molar-refractivity contribution in [3.8, 4) is 5.69 Å². The molecule has 0 saturated heterocycles. The van der Waals surface area contributed by atoms with Gasteiger partial charge in [0.2, 0.25) is 0 Å². The van der Waals surface area contributed by atoms with E-state index < -0.39 is 12.1 Å². The maximum Gasteiger partial charge on any atom is 0.490 e. The van der Waals surface area contributed by atoms with E-state index in [4.69, 9.17) is 38.1 Å². The highest BCUT2D eigenvalue weighted by atomic mass is 35.5. The van der Waals surface area contributed by atoms with E-state index in [1.54, 1.807) is 11.3 Å². The fourth-order valence-electron chi connectivity index (χ4n) is 3.84. The summed E-state index contributed by atoms with van der Waals surface area (Å²) in [6.45, 7) is 2.01. The normalized spacial score (nSPS) is 12.2. The smallest absolute Gasteiger partial charge is 0.475 e. The number of nitrogens with zero attached hydrogens (tertiary/aromatic N) is 3. The second-order valence-corrected chi connectivity index (χ2v) is 9.68. The summed E-state index contributed by atoms with van der Waals surface area (Å²) >= 11 is 14.0. The van der Waals surface area contributed by atoms with Gasteiger partial charge < -0.3 is 5.11 Å². The van der Waals surface area contributed by atoms with Gasteiger partial charge in [0.1, 0.15) is 10.8 Å². The number of alkyl halides is 3. The molecular weight excluding hydrogens is 546 g/mol. The molecule has 0 bridgehead atoms. The Balaban J connectivity index is 0.000000405. The molecule has 0 aliphatic rings. The number of thiazole rings is 1. The molecule has 5 nitrogen and oxygen atoms in total. The van der Waals surface area contributed by atoms with Crippen LogP contribution in [0.2, 0.25) is 10.0 Å². The van der Waals surface area contributed by atoms with E-state index in [9.17, 15) is 13.2 Å². The molecule has 2 aromatic heterocycles. The molecule has 11 heteroatoms. The van der Waals surface area contributed by atoms with Crippen molar-refractivity contribution in [3.05, 3.63) is 110 Å². The number of hydrogen-bond acceptors (Lipinski definition) is 4. The van der Waals surface area contributed by atoms with E-state index in [1.165, 1.54) is 0 Å². The van der Waals surface area contributed by atoms with E-state index in [-0.39, 0.29) is 5.92 Å². The van der Waals surface area contributed by atoms with Crippen molar-refractivity contribution in [2.45, 2.75) is 19.0 Å². The predicted molar refractivity (Wildman–Crippen MR) is 139 cm³/mol. The van der Waals surface area contributed by atoms with E-state index in [2.05, 4.69) is 39.9 Å². The van der Waals surface area contributed by atoms with Gasteiger partial charge in [0.05, 0.1) is 17.0 Å². The Kier molecular flexibility index (Phi) is 7.87. The fourth-order valence-corrected chi connectivity index (χ4v) is 4.94. The van der Waals surface area contributed by atoms with Gasteiger partial charge in [-0.2, -0.15) is 13.2 Å². The van der Waals surface area contributed by atoms with Gasteiger partial charge in [0.15, 0.2) is 0 Å². The molecule has 0 aliphatic carbocycles. The van der Waals surface area contributed by atoms with Gasteiger partial charge in [-0.25, -0.2) is 14.8 Å². The van der Waals surface area contributed by atoms with Crippen LogP contribution >= 0.6 is 34.5 Å². The van der Waals surface area contributed by atoms with E-state index in [0.717, 1.165) is 43.7 Å². The van der Waals surface area contributed by atoms with E-state index in [0.29, 0.717) is 5.02 Å². The predicted octanol–water partition coefficient (Wildman–Crippen LogP) is 7.91. The number of carboxylic acid groups (broad SMARTS) is 1. The zero-order valence-corrected chi connectivity index (χ0v) is 21.4. The quantitative estimate of drug-likeness (QED) is 0.241. The number of benzene rings is 3. The number of carboxylic acids is 1. The molecule has 5 rings (SSSR count). The third-order valence-electron chi connectivity index (χ3n) is 5.39. The minimum Gasteiger partial charge on any atom is -0.475 e. The molecule has 190 valence electrons. The summed E-state index contributed by atoms with van der Waals surface area (Å²) in [7, 11) is 0. The molecule has 0 spiro atoms. The average Bonchev–Trinajstić information content (AvgIpc) is 3.47. The van der Waals surface area contributed by atoms with Crippen LogP contribution in [0.25, 0.3) is 16.7 Å². The van der Waals surface area contributed by atoms with Crippen molar-refractivity contribution >= 4 is 51.5 Å². The molecule has 1 atom stereocenters. The summed E-state index contributed by atoms with van der Waals surface area (Å²) in [6.07, 6.45) is -3.23. The van der Waals surface area contributed by atoms with E-state index in [1.807, 2.05) is 54.9 Å². The molecule has 0 amide bonds.